The van der Waals surface area contributed by atoms with Crippen LogP contribution >= 0.6 is 0 Å². The zero-order valence-electron chi connectivity index (χ0n) is 22.1. The second kappa shape index (κ2) is 7.32. The van der Waals surface area contributed by atoms with Crippen LogP contribution in [0.25, 0.3) is 10.8 Å². The Morgan fingerprint density at radius 3 is 0.912 bits per heavy atom. The molecule has 0 heterocycles. The molecule has 0 radical (unpaired) electrons. The van der Waals surface area contributed by atoms with Crippen molar-refractivity contribution in [2.75, 3.05) is 0 Å². The normalized spacial score (nSPS) is 14.0. The third-order valence-electron chi connectivity index (χ3n) is 9.92. The molecule has 0 saturated carbocycles. The summed E-state index contributed by atoms with van der Waals surface area (Å²) in [4.78, 5) is 0. The van der Waals surface area contributed by atoms with Crippen LogP contribution in [0, 0.1) is 55.4 Å². The Morgan fingerprint density at radius 2 is 0.588 bits per heavy atom. The summed E-state index contributed by atoms with van der Waals surface area (Å²) in [6.45, 7) is 18.8. The molecule has 0 aliphatic heterocycles. The van der Waals surface area contributed by atoms with Crippen molar-refractivity contribution in [1.29, 1.82) is 0 Å². The van der Waals surface area contributed by atoms with Crippen LogP contribution in [0.3, 0.4) is 0 Å². The van der Waals surface area contributed by atoms with Crippen LogP contribution in [0.2, 0.25) is 0 Å². The molecule has 4 aromatic rings. The second-order valence-corrected chi connectivity index (χ2v) is 11.1. The number of aryl methyl sites for hydroxylation is 2. The minimum atomic E-state index is 1.08. The number of rotatable bonds is 0. The molecule has 0 atom stereocenters. The molecule has 2 aliphatic carbocycles. The van der Waals surface area contributed by atoms with E-state index in [4.69, 9.17) is 0 Å². The average molecular weight is 445 g/mol. The fourth-order valence-corrected chi connectivity index (χ4v) is 7.27. The summed E-state index contributed by atoms with van der Waals surface area (Å²) in [5, 5.41) is 2.86. The van der Waals surface area contributed by atoms with Crippen molar-refractivity contribution in [3.05, 3.63) is 113 Å². The van der Waals surface area contributed by atoms with Crippen LogP contribution in [-0.4, -0.2) is 0 Å². The van der Waals surface area contributed by atoms with Crippen molar-refractivity contribution in [2.45, 2.75) is 81.1 Å². The molecule has 0 fully saturated rings. The lowest BCUT2D eigenvalue weighted by molar-refractivity contribution is 0.885. The number of fused-ring (bicyclic) bond motifs is 5. The maximum absolute atomic E-state index is 2.42. The van der Waals surface area contributed by atoms with Crippen molar-refractivity contribution >= 4 is 10.8 Å². The molecule has 0 N–H and O–H groups in total. The van der Waals surface area contributed by atoms with Gasteiger partial charge in [0.15, 0.2) is 0 Å². The lowest BCUT2D eigenvalue weighted by atomic mass is 9.70. The first-order chi connectivity index (χ1) is 16.2. The molecule has 4 aromatic carbocycles. The third-order valence-corrected chi connectivity index (χ3v) is 9.92. The van der Waals surface area contributed by atoms with Crippen LogP contribution in [0.1, 0.15) is 89.0 Å². The van der Waals surface area contributed by atoms with Gasteiger partial charge in [0.05, 0.1) is 0 Å². The predicted octanol–water partition coefficient (Wildman–Crippen LogP) is 8.30. The Balaban J connectivity index is 1.57. The van der Waals surface area contributed by atoms with E-state index in [1.807, 2.05) is 0 Å². The van der Waals surface area contributed by atoms with Gasteiger partial charge in [-0.15, -0.1) is 0 Å². The monoisotopic (exact) mass is 444 g/mol. The molecule has 0 heteroatoms. The highest BCUT2D eigenvalue weighted by atomic mass is 14.3. The fraction of sp³-hybridized carbons (Fsp3) is 0.353. The fourth-order valence-electron chi connectivity index (χ4n) is 7.27. The number of hydrogen-bond acceptors (Lipinski definition) is 0. The van der Waals surface area contributed by atoms with E-state index in [1.54, 1.807) is 55.6 Å². The molecule has 34 heavy (non-hydrogen) atoms. The van der Waals surface area contributed by atoms with Crippen molar-refractivity contribution in [1.82, 2.24) is 0 Å². The van der Waals surface area contributed by atoms with Gasteiger partial charge in [0.25, 0.3) is 0 Å². The molecule has 172 valence electrons. The Kier molecular flexibility index (Phi) is 4.66. The molecule has 0 saturated heterocycles. The van der Waals surface area contributed by atoms with Gasteiger partial charge in [-0.3, -0.25) is 0 Å². The van der Waals surface area contributed by atoms with E-state index in [-0.39, 0.29) is 0 Å². The lowest BCUT2D eigenvalue weighted by Crippen LogP contribution is -2.21. The lowest BCUT2D eigenvalue weighted by Gasteiger charge is -2.34. The first-order valence-electron chi connectivity index (χ1n) is 12.9. The maximum Gasteiger partial charge on any atom is -0.00143 e. The SMILES string of the molecule is Cc1c(C)c(C)c2c(c1C)Cc1c(C)c3c(c(C)c1C2)Cc1c(c(C)c2ccccc2c1C)C3. The number of hydrogen-bond donors (Lipinski definition) is 0. The van der Waals surface area contributed by atoms with Gasteiger partial charge in [-0.2, -0.15) is 0 Å². The van der Waals surface area contributed by atoms with Gasteiger partial charge in [0.1, 0.15) is 0 Å². The van der Waals surface area contributed by atoms with Gasteiger partial charge in [-0.25, -0.2) is 0 Å². The van der Waals surface area contributed by atoms with Gasteiger partial charge in [-0.1, -0.05) is 24.3 Å². The van der Waals surface area contributed by atoms with E-state index in [0.717, 1.165) is 25.7 Å². The topological polar surface area (TPSA) is 0 Å². The van der Waals surface area contributed by atoms with Gasteiger partial charge < -0.3 is 0 Å². The van der Waals surface area contributed by atoms with Crippen LogP contribution in [-0.2, 0) is 25.7 Å². The summed E-state index contributed by atoms with van der Waals surface area (Å²) in [7, 11) is 0. The quantitative estimate of drug-likeness (QED) is 0.221. The van der Waals surface area contributed by atoms with E-state index in [1.165, 1.54) is 44.2 Å². The Bertz CT molecular complexity index is 1440. The molecule has 0 aromatic heterocycles. The maximum atomic E-state index is 2.42. The van der Waals surface area contributed by atoms with Gasteiger partial charge in [0.2, 0.25) is 0 Å². The summed E-state index contributed by atoms with van der Waals surface area (Å²) in [5.41, 5.74) is 24.9. The molecule has 6 rings (SSSR count). The number of benzene rings is 4. The van der Waals surface area contributed by atoms with Gasteiger partial charge >= 0.3 is 0 Å². The van der Waals surface area contributed by atoms with E-state index in [9.17, 15) is 0 Å². The van der Waals surface area contributed by atoms with E-state index < -0.39 is 0 Å². The second-order valence-electron chi connectivity index (χ2n) is 11.1. The van der Waals surface area contributed by atoms with Crippen molar-refractivity contribution in [2.24, 2.45) is 0 Å². The summed E-state index contributed by atoms with van der Waals surface area (Å²) >= 11 is 0. The van der Waals surface area contributed by atoms with Crippen molar-refractivity contribution in [3.8, 4) is 0 Å². The van der Waals surface area contributed by atoms with E-state index >= 15 is 0 Å². The molecule has 0 spiro atoms. The van der Waals surface area contributed by atoms with E-state index in [0.29, 0.717) is 0 Å². The van der Waals surface area contributed by atoms with Crippen LogP contribution in [0.5, 0.6) is 0 Å². The Morgan fingerprint density at radius 1 is 0.324 bits per heavy atom. The van der Waals surface area contributed by atoms with Crippen molar-refractivity contribution in [3.63, 3.8) is 0 Å². The molecular weight excluding hydrogens is 408 g/mol. The first-order valence-corrected chi connectivity index (χ1v) is 12.9. The third kappa shape index (κ3) is 2.72. The van der Waals surface area contributed by atoms with Gasteiger partial charge in [0, 0.05) is 0 Å². The largest absolute Gasteiger partial charge is 0.0616 e. The molecular formula is C34H36. The van der Waals surface area contributed by atoms with Crippen LogP contribution < -0.4 is 0 Å². The minimum absolute atomic E-state index is 1.08. The van der Waals surface area contributed by atoms with Crippen LogP contribution in [0.15, 0.2) is 24.3 Å². The van der Waals surface area contributed by atoms with Gasteiger partial charge in [-0.05, 0) is 181 Å². The zero-order chi connectivity index (χ0) is 24.0. The molecule has 2 aliphatic rings. The molecule has 0 unspecified atom stereocenters. The average Bonchev–Trinajstić information content (AvgIpc) is 2.86. The Labute approximate surface area is 205 Å². The summed E-state index contributed by atoms with van der Waals surface area (Å²) in [6, 6.07) is 9.00. The molecule has 0 amide bonds. The smallest absolute Gasteiger partial charge is 0.00143 e. The zero-order valence-corrected chi connectivity index (χ0v) is 22.1. The summed E-state index contributed by atoms with van der Waals surface area (Å²) in [5.74, 6) is 0. The highest BCUT2D eigenvalue weighted by molar-refractivity contribution is 5.91. The van der Waals surface area contributed by atoms with Crippen molar-refractivity contribution < 1.29 is 0 Å². The standard InChI is InChI=1S/C34H36/c1-17-18(2)20(4)28-14-32-24(8)34-16-30-22(6)26-12-10-9-11-25(26)21(5)29(30)15-33(34)23(7)31(32)13-27(28)19(17)3/h9-12H,13-16H2,1-8H3. The molecule has 0 bridgehead atoms. The summed E-state index contributed by atoms with van der Waals surface area (Å²) in [6.07, 6.45) is 4.36. The molecule has 0 nitrogen and oxygen atoms in total. The summed E-state index contributed by atoms with van der Waals surface area (Å²) < 4.78 is 0. The Hall–Kier alpha value is -2.86. The predicted molar refractivity (Wildman–Crippen MR) is 146 cm³/mol. The highest BCUT2D eigenvalue weighted by Crippen LogP contribution is 2.44. The van der Waals surface area contributed by atoms with E-state index in [2.05, 4.69) is 79.7 Å². The minimum Gasteiger partial charge on any atom is -0.0616 e. The highest BCUT2D eigenvalue weighted by Gasteiger charge is 2.30. The first kappa shape index (κ1) is 21.7. The van der Waals surface area contributed by atoms with Crippen LogP contribution in [0.4, 0.5) is 0 Å².